The molecule has 106 valence electrons. The second kappa shape index (κ2) is 6.76. The van der Waals surface area contributed by atoms with Crippen molar-refractivity contribution >= 4 is 27.6 Å². The fourth-order valence-electron chi connectivity index (χ4n) is 2.77. The monoisotopic (exact) mass is 336 g/mol. The molecule has 0 aromatic heterocycles. The minimum absolute atomic E-state index is 0.178. The average Bonchev–Trinajstić information content (AvgIpc) is 2.45. The first-order chi connectivity index (χ1) is 9.63. The first kappa shape index (κ1) is 14.9. The number of hydrogen-bond acceptors (Lipinski definition) is 3. The molecule has 0 radical (unpaired) electrons. The molecule has 1 aromatic carbocycles. The van der Waals surface area contributed by atoms with Crippen LogP contribution in [-0.4, -0.2) is 23.7 Å². The van der Waals surface area contributed by atoms with Crippen molar-refractivity contribution in [3.63, 3.8) is 0 Å². The molecular weight excluding hydrogens is 320 g/mol. The molecule has 1 aromatic rings. The van der Waals surface area contributed by atoms with Crippen molar-refractivity contribution in [1.82, 2.24) is 0 Å². The highest BCUT2D eigenvalue weighted by Crippen LogP contribution is 2.33. The van der Waals surface area contributed by atoms with Crippen LogP contribution in [0.1, 0.15) is 37.7 Å². The Labute approximate surface area is 127 Å². The number of piperidine rings is 1. The Kier molecular flexibility index (Phi) is 5.02. The molecule has 1 aliphatic rings. The Balaban J connectivity index is 2.26. The first-order valence-corrected chi connectivity index (χ1v) is 7.60. The molecular formula is C15H17BrN2O2. The van der Waals surface area contributed by atoms with E-state index in [9.17, 15) is 10.1 Å². The lowest BCUT2D eigenvalue weighted by molar-refractivity contribution is -0.137. The van der Waals surface area contributed by atoms with Gasteiger partial charge in [-0.05, 0) is 53.7 Å². The molecule has 0 amide bonds. The number of anilines is 1. The normalized spacial score (nSPS) is 18.6. The van der Waals surface area contributed by atoms with E-state index in [-0.39, 0.29) is 12.5 Å². The Hall–Kier alpha value is -1.54. The highest BCUT2D eigenvalue weighted by atomic mass is 79.9. The lowest BCUT2D eigenvalue weighted by Gasteiger charge is -2.38. The molecule has 1 N–H and O–H groups in total. The van der Waals surface area contributed by atoms with E-state index in [1.165, 1.54) is 0 Å². The average molecular weight is 337 g/mol. The van der Waals surface area contributed by atoms with Gasteiger partial charge in [-0.1, -0.05) is 6.07 Å². The largest absolute Gasteiger partial charge is 0.481 e. The van der Waals surface area contributed by atoms with E-state index in [1.54, 1.807) is 0 Å². The van der Waals surface area contributed by atoms with Crippen LogP contribution in [0.15, 0.2) is 22.7 Å². The number of hydrogen-bond donors (Lipinski definition) is 1. The zero-order valence-corrected chi connectivity index (χ0v) is 12.8. The Morgan fingerprint density at radius 1 is 1.50 bits per heavy atom. The number of carboxylic acid groups (broad SMARTS) is 1. The Morgan fingerprint density at radius 2 is 2.30 bits per heavy atom. The Bertz CT molecular complexity index is 539. The summed E-state index contributed by atoms with van der Waals surface area (Å²) in [6.45, 7) is 0.884. The topological polar surface area (TPSA) is 64.3 Å². The van der Waals surface area contributed by atoms with Gasteiger partial charge in [-0.3, -0.25) is 4.79 Å². The minimum atomic E-state index is -0.759. The molecule has 1 aliphatic heterocycles. The molecule has 20 heavy (non-hydrogen) atoms. The van der Waals surface area contributed by atoms with Gasteiger partial charge in [-0.25, -0.2) is 0 Å². The smallest absolute Gasteiger partial charge is 0.303 e. The van der Waals surface area contributed by atoms with Gasteiger partial charge in [0.1, 0.15) is 6.07 Å². The third-order valence-electron chi connectivity index (χ3n) is 3.73. The number of aliphatic carboxylic acids is 1. The van der Waals surface area contributed by atoms with Crippen molar-refractivity contribution in [2.45, 2.75) is 38.1 Å². The van der Waals surface area contributed by atoms with E-state index in [0.717, 1.165) is 36.0 Å². The van der Waals surface area contributed by atoms with E-state index in [4.69, 9.17) is 5.11 Å². The predicted octanol–water partition coefficient (Wildman–Crippen LogP) is 3.54. The number of halogens is 1. The Morgan fingerprint density at radius 3 is 3.00 bits per heavy atom. The molecule has 1 unspecified atom stereocenters. The van der Waals surface area contributed by atoms with Gasteiger partial charge in [0, 0.05) is 23.5 Å². The summed E-state index contributed by atoms with van der Waals surface area (Å²) < 4.78 is 0.792. The number of rotatable bonds is 4. The van der Waals surface area contributed by atoms with E-state index < -0.39 is 5.97 Å². The number of nitrogens with zero attached hydrogens (tertiary/aromatic N) is 2. The maximum absolute atomic E-state index is 10.8. The van der Waals surface area contributed by atoms with Gasteiger partial charge < -0.3 is 10.0 Å². The first-order valence-electron chi connectivity index (χ1n) is 6.80. The van der Waals surface area contributed by atoms with Crippen LogP contribution in [0.4, 0.5) is 5.69 Å². The zero-order valence-electron chi connectivity index (χ0n) is 11.2. The number of benzene rings is 1. The molecule has 1 saturated heterocycles. The standard InChI is InChI=1S/C15H17BrN2O2/c16-13-5-3-6-14(12(13)10-17)18-9-2-1-4-11(18)7-8-15(19)20/h3,5-6,11H,1-2,4,7-9H2,(H,19,20). The summed E-state index contributed by atoms with van der Waals surface area (Å²) >= 11 is 3.41. The molecule has 4 nitrogen and oxygen atoms in total. The molecule has 0 spiro atoms. The summed E-state index contributed by atoms with van der Waals surface area (Å²) in [7, 11) is 0. The summed E-state index contributed by atoms with van der Waals surface area (Å²) in [6, 6.07) is 8.18. The molecule has 5 heteroatoms. The van der Waals surface area contributed by atoms with Crippen molar-refractivity contribution in [3.05, 3.63) is 28.2 Å². The molecule has 0 saturated carbocycles. The molecule has 1 heterocycles. The molecule has 2 rings (SSSR count). The summed E-state index contributed by atoms with van der Waals surface area (Å²) in [5.74, 6) is -0.759. The molecule has 0 bridgehead atoms. The third kappa shape index (κ3) is 3.31. The fourth-order valence-corrected chi connectivity index (χ4v) is 3.22. The summed E-state index contributed by atoms with van der Waals surface area (Å²) in [5.41, 5.74) is 1.55. The van der Waals surface area contributed by atoms with E-state index in [0.29, 0.717) is 12.0 Å². The SMILES string of the molecule is N#Cc1c(Br)cccc1N1CCCCC1CCC(=O)O. The van der Waals surface area contributed by atoms with Gasteiger partial charge in [-0.15, -0.1) is 0 Å². The minimum Gasteiger partial charge on any atom is -0.481 e. The highest BCUT2D eigenvalue weighted by molar-refractivity contribution is 9.10. The van der Waals surface area contributed by atoms with Gasteiger partial charge in [0.15, 0.2) is 0 Å². The lowest BCUT2D eigenvalue weighted by Crippen LogP contribution is -2.40. The van der Waals surface area contributed by atoms with E-state index in [1.807, 2.05) is 18.2 Å². The fraction of sp³-hybridized carbons (Fsp3) is 0.467. The van der Waals surface area contributed by atoms with Crippen molar-refractivity contribution in [1.29, 1.82) is 5.26 Å². The van der Waals surface area contributed by atoms with Crippen LogP contribution < -0.4 is 4.90 Å². The van der Waals surface area contributed by atoms with E-state index in [2.05, 4.69) is 26.9 Å². The van der Waals surface area contributed by atoms with Crippen LogP contribution in [0.25, 0.3) is 0 Å². The van der Waals surface area contributed by atoms with E-state index >= 15 is 0 Å². The van der Waals surface area contributed by atoms with Crippen molar-refractivity contribution in [2.24, 2.45) is 0 Å². The van der Waals surface area contributed by atoms with Gasteiger partial charge in [0.05, 0.1) is 11.3 Å². The van der Waals surface area contributed by atoms with Crippen molar-refractivity contribution < 1.29 is 9.90 Å². The second-order valence-corrected chi connectivity index (χ2v) is 5.88. The van der Waals surface area contributed by atoms with Gasteiger partial charge in [0.25, 0.3) is 0 Å². The number of carboxylic acids is 1. The maximum Gasteiger partial charge on any atom is 0.303 e. The van der Waals surface area contributed by atoms with Crippen LogP contribution >= 0.6 is 15.9 Å². The summed E-state index contributed by atoms with van der Waals surface area (Å²) in [6.07, 6.45) is 4.01. The maximum atomic E-state index is 10.8. The lowest BCUT2D eigenvalue weighted by atomic mass is 9.96. The number of carbonyl (C=O) groups is 1. The number of nitriles is 1. The van der Waals surface area contributed by atoms with Crippen LogP contribution in [0.2, 0.25) is 0 Å². The predicted molar refractivity (Wildman–Crippen MR) is 80.7 cm³/mol. The van der Waals surface area contributed by atoms with Crippen LogP contribution in [0.3, 0.4) is 0 Å². The highest BCUT2D eigenvalue weighted by Gasteiger charge is 2.25. The third-order valence-corrected chi connectivity index (χ3v) is 4.39. The zero-order chi connectivity index (χ0) is 14.5. The molecule has 1 atom stereocenters. The molecule has 0 aliphatic carbocycles. The van der Waals surface area contributed by atoms with Gasteiger partial charge in [0.2, 0.25) is 0 Å². The second-order valence-electron chi connectivity index (χ2n) is 5.02. The van der Waals surface area contributed by atoms with Crippen LogP contribution in [0, 0.1) is 11.3 Å². The van der Waals surface area contributed by atoms with Crippen LogP contribution in [0.5, 0.6) is 0 Å². The quantitative estimate of drug-likeness (QED) is 0.913. The van der Waals surface area contributed by atoms with Crippen LogP contribution in [-0.2, 0) is 4.79 Å². The summed E-state index contributed by atoms with van der Waals surface area (Å²) in [5, 5.41) is 18.2. The van der Waals surface area contributed by atoms with Crippen molar-refractivity contribution in [2.75, 3.05) is 11.4 Å². The van der Waals surface area contributed by atoms with Crippen molar-refractivity contribution in [3.8, 4) is 6.07 Å². The molecule has 1 fully saturated rings. The summed E-state index contributed by atoms with van der Waals surface area (Å²) in [4.78, 5) is 13.0. The van der Waals surface area contributed by atoms with Gasteiger partial charge in [-0.2, -0.15) is 5.26 Å². The van der Waals surface area contributed by atoms with Gasteiger partial charge >= 0.3 is 5.97 Å².